The second-order valence-electron chi connectivity index (χ2n) is 11.0. The highest BCUT2D eigenvalue weighted by Crippen LogP contribution is 2.35. The van der Waals surface area contributed by atoms with Crippen LogP contribution in [0.25, 0.3) is 22.2 Å². The zero-order valence-electron chi connectivity index (χ0n) is 24.1. The van der Waals surface area contributed by atoms with Crippen LogP contribution in [0.3, 0.4) is 0 Å². The van der Waals surface area contributed by atoms with E-state index in [9.17, 15) is 9.59 Å². The average Bonchev–Trinajstić information content (AvgIpc) is 3.30. The quantitative estimate of drug-likeness (QED) is 0.185. The molecule has 0 unspecified atom stereocenters. The first-order chi connectivity index (χ1) is 20.3. The van der Waals surface area contributed by atoms with Gasteiger partial charge in [0.1, 0.15) is 0 Å². The zero-order chi connectivity index (χ0) is 29.6. The van der Waals surface area contributed by atoms with Gasteiger partial charge in [0.25, 0.3) is 5.91 Å². The Morgan fingerprint density at radius 3 is 2.64 bits per heavy atom. The molecule has 0 aliphatic heterocycles. The number of fused-ring (bicyclic) bond motifs is 1. The molecule has 1 aliphatic rings. The van der Waals surface area contributed by atoms with Gasteiger partial charge in [-0.25, -0.2) is 9.97 Å². The molecule has 0 saturated heterocycles. The number of likely N-dealkylation sites (N-methyl/N-ethyl adjacent to an activating group) is 1. The molecule has 1 fully saturated rings. The SMILES string of the molecule is Cc1[nH]c2ccccc2c1-c1nc(N[C@@H]2CCC[C@H](NC(=O)c3ccc(NC(=O)C=CCN(C)C)cc3)C2)ncc1Cl. The van der Waals surface area contributed by atoms with Crippen LogP contribution in [0.5, 0.6) is 0 Å². The van der Waals surface area contributed by atoms with Crippen molar-refractivity contribution in [3.8, 4) is 11.3 Å². The van der Waals surface area contributed by atoms with Crippen LogP contribution < -0.4 is 16.0 Å². The number of H-pyrrole nitrogens is 1. The summed E-state index contributed by atoms with van der Waals surface area (Å²) in [5, 5.41) is 11.0. The molecule has 2 atom stereocenters. The molecule has 2 heterocycles. The summed E-state index contributed by atoms with van der Waals surface area (Å²) in [6.07, 6.45) is 8.53. The normalized spacial score (nSPS) is 17.1. The van der Waals surface area contributed by atoms with Gasteiger partial charge in [-0.15, -0.1) is 0 Å². The molecule has 5 rings (SSSR count). The van der Waals surface area contributed by atoms with E-state index in [0.29, 0.717) is 34.5 Å². The molecule has 2 aromatic carbocycles. The van der Waals surface area contributed by atoms with Gasteiger partial charge in [-0.1, -0.05) is 35.9 Å². The lowest BCUT2D eigenvalue weighted by Gasteiger charge is -2.30. The van der Waals surface area contributed by atoms with E-state index in [1.54, 1.807) is 36.5 Å². The van der Waals surface area contributed by atoms with Crippen molar-refractivity contribution in [2.75, 3.05) is 31.3 Å². The summed E-state index contributed by atoms with van der Waals surface area (Å²) in [4.78, 5) is 39.7. The summed E-state index contributed by atoms with van der Waals surface area (Å²) in [5.41, 5.74) is 4.88. The number of nitrogens with zero attached hydrogens (tertiary/aromatic N) is 3. The fraction of sp³-hybridized carbons (Fsp3) is 0.312. The van der Waals surface area contributed by atoms with Crippen LogP contribution in [0.2, 0.25) is 5.02 Å². The van der Waals surface area contributed by atoms with Crippen molar-refractivity contribution in [1.29, 1.82) is 0 Å². The van der Waals surface area contributed by atoms with Crippen molar-refractivity contribution in [2.45, 2.75) is 44.7 Å². The number of benzene rings is 2. The molecule has 0 radical (unpaired) electrons. The summed E-state index contributed by atoms with van der Waals surface area (Å²) in [5.74, 6) is 0.178. The number of hydrogen-bond acceptors (Lipinski definition) is 6. The van der Waals surface area contributed by atoms with E-state index >= 15 is 0 Å². The highest BCUT2D eigenvalue weighted by molar-refractivity contribution is 6.33. The molecule has 2 aromatic heterocycles. The second kappa shape index (κ2) is 13.2. The number of hydrogen-bond donors (Lipinski definition) is 4. The highest BCUT2D eigenvalue weighted by atomic mass is 35.5. The molecule has 10 heteroatoms. The number of nitrogens with one attached hydrogen (secondary N) is 4. The third-order valence-corrected chi connectivity index (χ3v) is 7.65. The molecular weight excluding hydrogens is 550 g/mol. The summed E-state index contributed by atoms with van der Waals surface area (Å²) in [6, 6.07) is 15.2. The fourth-order valence-electron chi connectivity index (χ4n) is 5.36. The van der Waals surface area contributed by atoms with Crippen LogP contribution in [0.4, 0.5) is 11.6 Å². The van der Waals surface area contributed by atoms with E-state index in [1.165, 1.54) is 6.08 Å². The number of para-hydroxylation sites is 1. The van der Waals surface area contributed by atoms with E-state index in [4.69, 9.17) is 16.6 Å². The first-order valence-electron chi connectivity index (χ1n) is 14.2. The Kier molecular flexibility index (Phi) is 9.19. The summed E-state index contributed by atoms with van der Waals surface area (Å²) in [6.45, 7) is 2.70. The highest BCUT2D eigenvalue weighted by Gasteiger charge is 2.25. The lowest BCUT2D eigenvalue weighted by Crippen LogP contribution is -2.42. The van der Waals surface area contributed by atoms with Crippen molar-refractivity contribution in [1.82, 2.24) is 25.2 Å². The molecule has 4 N–H and O–H groups in total. The molecule has 42 heavy (non-hydrogen) atoms. The number of aromatic nitrogens is 3. The third-order valence-electron chi connectivity index (χ3n) is 7.37. The molecule has 4 aromatic rings. The van der Waals surface area contributed by atoms with Gasteiger partial charge in [0, 0.05) is 58.1 Å². The number of carbonyl (C=O) groups excluding carboxylic acids is 2. The first-order valence-corrected chi connectivity index (χ1v) is 14.5. The van der Waals surface area contributed by atoms with Gasteiger partial charge in [-0.3, -0.25) is 9.59 Å². The van der Waals surface area contributed by atoms with Crippen LogP contribution in [0, 0.1) is 6.92 Å². The second-order valence-corrected chi connectivity index (χ2v) is 11.4. The van der Waals surface area contributed by atoms with E-state index in [2.05, 4.69) is 32.0 Å². The molecular formula is C32H36ClN7O2. The van der Waals surface area contributed by atoms with Crippen molar-refractivity contribution in [3.63, 3.8) is 0 Å². The number of halogens is 1. The monoisotopic (exact) mass is 585 g/mol. The predicted octanol–water partition coefficient (Wildman–Crippen LogP) is 5.80. The summed E-state index contributed by atoms with van der Waals surface area (Å²) < 4.78 is 0. The maximum Gasteiger partial charge on any atom is 0.251 e. The van der Waals surface area contributed by atoms with Crippen molar-refractivity contribution < 1.29 is 9.59 Å². The Labute approximate surface area is 250 Å². The van der Waals surface area contributed by atoms with Gasteiger partial charge in [-0.2, -0.15) is 0 Å². The number of aryl methyl sites for hydroxylation is 1. The minimum atomic E-state index is -0.205. The Hall–Kier alpha value is -4.21. The van der Waals surface area contributed by atoms with E-state index in [0.717, 1.165) is 47.8 Å². The van der Waals surface area contributed by atoms with Gasteiger partial charge >= 0.3 is 0 Å². The lowest BCUT2D eigenvalue weighted by molar-refractivity contribution is -0.111. The predicted molar refractivity (Wildman–Crippen MR) is 169 cm³/mol. The van der Waals surface area contributed by atoms with E-state index in [-0.39, 0.29) is 23.9 Å². The number of rotatable bonds is 9. The third kappa shape index (κ3) is 7.16. The van der Waals surface area contributed by atoms with Crippen molar-refractivity contribution in [3.05, 3.63) is 83.2 Å². The first kappa shape index (κ1) is 29.3. The van der Waals surface area contributed by atoms with Gasteiger partial charge in [0.15, 0.2) is 0 Å². The summed E-state index contributed by atoms with van der Waals surface area (Å²) in [7, 11) is 3.87. The van der Waals surface area contributed by atoms with Crippen LogP contribution in [0.1, 0.15) is 41.7 Å². The van der Waals surface area contributed by atoms with Crippen LogP contribution >= 0.6 is 11.6 Å². The zero-order valence-corrected chi connectivity index (χ0v) is 24.8. The molecule has 9 nitrogen and oxygen atoms in total. The van der Waals surface area contributed by atoms with Crippen LogP contribution in [-0.4, -0.2) is 64.4 Å². The number of carbonyl (C=O) groups is 2. The van der Waals surface area contributed by atoms with Crippen LogP contribution in [0.15, 0.2) is 66.9 Å². The topological polar surface area (TPSA) is 115 Å². The molecule has 218 valence electrons. The van der Waals surface area contributed by atoms with Gasteiger partial charge < -0.3 is 25.8 Å². The molecule has 1 saturated carbocycles. The molecule has 1 aliphatic carbocycles. The van der Waals surface area contributed by atoms with Gasteiger partial charge in [0.2, 0.25) is 11.9 Å². The molecule has 2 amide bonds. The lowest BCUT2D eigenvalue weighted by atomic mass is 9.91. The minimum Gasteiger partial charge on any atom is -0.358 e. The minimum absolute atomic E-state index is 0.0209. The van der Waals surface area contributed by atoms with E-state index in [1.807, 2.05) is 44.1 Å². The Morgan fingerprint density at radius 2 is 1.86 bits per heavy atom. The van der Waals surface area contributed by atoms with Gasteiger partial charge in [0.05, 0.1) is 16.9 Å². The Bertz CT molecular complexity index is 1600. The van der Waals surface area contributed by atoms with Crippen molar-refractivity contribution in [2.24, 2.45) is 0 Å². The van der Waals surface area contributed by atoms with Crippen molar-refractivity contribution >= 4 is 46.0 Å². The number of anilines is 2. The molecule has 0 spiro atoms. The Morgan fingerprint density at radius 1 is 1.10 bits per heavy atom. The average molecular weight is 586 g/mol. The number of amides is 2. The largest absolute Gasteiger partial charge is 0.358 e. The Balaban J connectivity index is 1.19. The number of aromatic amines is 1. The molecule has 0 bridgehead atoms. The maximum atomic E-state index is 13.0. The summed E-state index contributed by atoms with van der Waals surface area (Å²) >= 11 is 6.57. The van der Waals surface area contributed by atoms with Crippen LogP contribution in [-0.2, 0) is 4.79 Å². The van der Waals surface area contributed by atoms with Gasteiger partial charge in [-0.05, 0) is 77.0 Å². The standard InChI is InChI=1S/C32H36ClN7O2/c1-20-29(25-10-4-5-11-27(25)35-20)30-26(33)19-34-32(39-30)38-24-9-6-8-23(18-24)37-31(42)21-13-15-22(16-14-21)36-28(41)12-7-17-40(2)3/h4-5,7,10-16,19,23-24,35H,6,8-9,17-18H2,1-3H3,(H,36,41)(H,37,42)(H,34,38,39)/t23-,24+/m0/s1. The van der Waals surface area contributed by atoms with E-state index < -0.39 is 0 Å². The smallest absolute Gasteiger partial charge is 0.251 e. The maximum absolute atomic E-state index is 13.0. The fourth-order valence-corrected chi connectivity index (χ4v) is 5.54.